The number of amides is 1. The molecule has 1 unspecified atom stereocenters. The summed E-state index contributed by atoms with van der Waals surface area (Å²) in [4.78, 5) is 16.7. The number of halogens is 1. The van der Waals surface area contributed by atoms with Crippen molar-refractivity contribution in [3.05, 3.63) is 58.1 Å². The highest BCUT2D eigenvalue weighted by atomic mass is 32.1. The summed E-state index contributed by atoms with van der Waals surface area (Å²) in [5.74, 6) is 0.220. The highest BCUT2D eigenvalue weighted by molar-refractivity contribution is 7.71. The van der Waals surface area contributed by atoms with Crippen molar-refractivity contribution in [2.45, 2.75) is 19.4 Å². The van der Waals surface area contributed by atoms with Crippen molar-refractivity contribution in [1.29, 1.82) is 0 Å². The Labute approximate surface area is 169 Å². The summed E-state index contributed by atoms with van der Waals surface area (Å²) in [7, 11) is 0. The zero-order chi connectivity index (χ0) is 19.7. The number of hydrogen-bond donors (Lipinski definition) is 3. The summed E-state index contributed by atoms with van der Waals surface area (Å²) in [6, 6.07) is 7.99. The van der Waals surface area contributed by atoms with Crippen molar-refractivity contribution >= 4 is 40.4 Å². The Kier molecular flexibility index (Phi) is 5.10. The number of aromatic amines is 2. The number of H-pyrrole nitrogens is 2. The van der Waals surface area contributed by atoms with Crippen molar-refractivity contribution < 1.29 is 9.18 Å². The number of aromatic nitrogens is 4. The van der Waals surface area contributed by atoms with Gasteiger partial charge in [0, 0.05) is 23.6 Å². The van der Waals surface area contributed by atoms with E-state index < -0.39 is 6.04 Å². The van der Waals surface area contributed by atoms with Crippen LogP contribution in [-0.4, -0.2) is 32.2 Å². The quantitative estimate of drug-likeness (QED) is 0.413. The molecule has 0 radical (unpaired) electrons. The number of fused-ring (bicyclic) bond motifs is 1. The average molecular weight is 416 g/mol. The minimum Gasteiger partial charge on any atom is -0.361 e. The lowest BCUT2D eigenvalue weighted by Gasteiger charge is -2.15. The van der Waals surface area contributed by atoms with Gasteiger partial charge in [0.1, 0.15) is 11.9 Å². The van der Waals surface area contributed by atoms with Crippen LogP contribution in [0.15, 0.2) is 41.9 Å². The standard InChI is InChI=1S/C19H18FN5OS2/c1-11(25-17(23-24-19(25)27)16-3-2-8-28-16)18(26)21-7-6-12-10-22-15-5-4-13(20)9-14(12)15/h2-5,8-11,22H,6-7H2,1H3,(H,21,26)(H,24,27). The Morgan fingerprint density at radius 1 is 1.43 bits per heavy atom. The molecule has 3 aromatic heterocycles. The van der Waals surface area contributed by atoms with Crippen molar-refractivity contribution in [2.24, 2.45) is 0 Å². The lowest BCUT2D eigenvalue weighted by molar-refractivity contribution is -0.123. The van der Waals surface area contributed by atoms with E-state index >= 15 is 0 Å². The summed E-state index contributed by atoms with van der Waals surface area (Å²) in [6.45, 7) is 2.23. The molecule has 0 saturated carbocycles. The lowest BCUT2D eigenvalue weighted by Crippen LogP contribution is -2.32. The van der Waals surface area contributed by atoms with E-state index in [0.717, 1.165) is 21.3 Å². The molecule has 9 heteroatoms. The number of nitrogens with one attached hydrogen (secondary N) is 3. The Bertz CT molecular complexity index is 1170. The molecule has 0 bridgehead atoms. The highest BCUT2D eigenvalue weighted by Gasteiger charge is 2.21. The Hall–Kier alpha value is -2.78. The number of rotatable bonds is 6. The number of benzene rings is 1. The minimum absolute atomic E-state index is 0.152. The van der Waals surface area contributed by atoms with Crippen LogP contribution in [0.25, 0.3) is 21.6 Å². The normalized spacial score (nSPS) is 12.4. The number of hydrogen-bond acceptors (Lipinski definition) is 4. The maximum Gasteiger partial charge on any atom is 0.242 e. The summed E-state index contributed by atoms with van der Waals surface area (Å²) in [5, 5.41) is 12.7. The Morgan fingerprint density at radius 3 is 3.07 bits per heavy atom. The maximum absolute atomic E-state index is 13.5. The molecule has 6 nitrogen and oxygen atoms in total. The third-order valence-electron chi connectivity index (χ3n) is 4.64. The van der Waals surface area contributed by atoms with Gasteiger partial charge in [0.05, 0.1) is 4.88 Å². The van der Waals surface area contributed by atoms with E-state index in [9.17, 15) is 9.18 Å². The van der Waals surface area contributed by atoms with Gasteiger partial charge in [-0.3, -0.25) is 14.5 Å². The van der Waals surface area contributed by atoms with Gasteiger partial charge in [0.25, 0.3) is 0 Å². The smallest absolute Gasteiger partial charge is 0.242 e. The molecule has 0 fully saturated rings. The second kappa shape index (κ2) is 7.69. The van der Waals surface area contributed by atoms with E-state index in [1.165, 1.54) is 23.5 Å². The molecular formula is C19H18FN5OS2. The van der Waals surface area contributed by atoms with Crippen molar-refractivity contribution in [2.75, 3.05) is 6.54 Å². The van der Waals surface area contributed by atoms with Crippen LogP contribution in [-0.2, 0) is 11.2 Å². The zero-order valence-corrected chi connectivity index (χ0v) is 16.7. The number of carbonyl (C=O) groups is 1. The van der Waals surface area contributed by atoms with Gasteiger partial charge in [-0.2, -0.15) is 5.10 Å². The number of carbonyl (C=O) groups excluding carboxylic acids is 1. The van der Waals surface area contributed by atoms with Crippen LogP contribution >= 0.6 is 23.6 Å². The van der Waals surface area contributed by atoms with Crippen LogP contribution < -0.4 is 5.32 Å². The molecule has 1 amide bonds. The summed E-state index contributed by atoms with van der Waals surface area (Å²) in [5.41, 5.74) is 1.84. The van der Waals surface area contributed by atoms with E-state index in [0.29, 0.717) is 23.6 Å². The number of nitrogens with zero attached hydrogens (tertiary/aromatic N) is 2. The fraction of sp³-hybridized carbons (Fsp3) is 0.211. The summed E-state index contributed by atoms with van der Waals surface area (Å²) >= 11 is 6.85. The molecule has 3 N–H and O–H groups in total. The van der Waals surface area contributed by atoms with E-state index in [-0.39, 0.29) is 11.7 Å². The van der Waals surface area contributed by atoms with Gasteiger partial charge >= 0.3 is 0 Å². The summed E-state index contributed by atoms with van der Waals surface area (Å²) in [6.07, 6.45) is 2.44. The maximum atomic E-state index is 13.5. The Balaban J connectivity index is 1.45. The third-order valence-corrected chi connectivity index (χ3v) is 5.79. The first-order chi connectivity index (χ1) is 13.5. The van der Waals surface area contributed by atoms with Crippen molar-refractivity contribution in [3.8, 4) is 10.7 Å². The SMILES string of the molecule is CC(C(=O)NCCc1c[nH]c2ccc(F)cc12)n1c(-c2cccs2)n[nH]c1=S. The third kappa shape index (κ3) is 3.50. The molecule has 0 aliphatic heterocycles. The molecule has 0 saturated heterocycles. The second-order valence-electron chi connectivity index (χ2n) is 6.42. The fourth-order valence-corrected chi connectivity index (χ4v) is 4.19. The van der Waals surface area contributed by atoms with Gasteiger partial charge < -0.3 is 10.3 Å². The molecular weight excluding hydrogens is 397 g/mol. The van der Waals surface area contributed by atoms with Crippen LogP contribution in [0.3, 0.4) is 0 Å². The van der Waals surface area contributed by atoms with Gasteiger partial charge in [-0.25, -0.2) is 4.39 Å². The molecule has 3 heterocycles. The van der Waals surface area contributed by atoms with Gasteiger partial charge in [0.2, 0.25) is 5.91 Å². The molecule has 144 valence electrons. The van der Waals surface area contributed by atoms with E-state index in [1.54, 1.807) is 17.6 Å². The van der Waals surface area contributed by atoms with Gasteiger partial charge in [-0.15, -0.1) is 11.3 Å². The highest BCUT2D eigenvalue weighted by Crippen LogP contribution is 2.25. The first kappa shape index (κ1) is 18.6. The molecule has 0 aliphatic carbocycles. The molecule has 1 aromatic carbocycles. The Morgan fingerprint density at radius 2 is 2.29 bits per heavy atom. The van der Waals surface area contributed by atoms with E-state index in [2.05, 4.69) is 20.5 Å². The molecule has 4 rings (SSSR count). The second-order valence-corrected chi connectivity index (χ2v) is 7.75. The van der Waals surface area contributed by atoms with Crippen molar-refractivity contribution in [3.63, 3.8) is 0 Å². The van der Waals surface area contributed by atoms with Crippen molar-refractivity contribution in [1.82, 2.24) is 25.1 Å². The zero-order valence-electron chi connectivity index (χ0n) is 15.0. The van der Waals surface area contributed by atoms with Gasteiger partial charge in [0.15, 0.2) is 10.6 Å². The average Bonchev–Trinajstić information content (AvgIpc) is 3.41. The first-order valence-corrected chi connectivity index (χ1v) is 10.1. The lowest BCUT2D eigenvalue weighted by atomic mass is 10.1. The van der Waals surface area contributed by atoms with Crippen LogP contribution in [0.5, 0.6) is 0 Å². The van der Waals surface area contributed by atoms with Gasteiger partial charge in [-0.1, -0.05) is 6.07 Å². The number of thiophene rings is 1. The topological polar surface area (TPSA) is 78.5 Å². The molecule has 28 heavy (non-hydrogen) atoms. The predicted octanol–water partition coefficient (Wildman–Crippen LogP) is 4.21. The van der Waals surface area contributed by atoms with Crippen LogP contribution in [0.4, 0.5) is 4.39 Å². The van der Waals surface area contributed by atoms with Crippen LogP contribution in [0.2, 0.25) is 0 Å². The van der Waals surface area contributed by atoms with E-state index in [1.807, 2.05) is 23.7 Å². The molecule has 0 spiro atoms. The predicted molar refractivity (Wildman–Crippen MR) is 110 cm³/mol. The molecule has 4 aromatic rings. The summed E-state index contributed by atoms with van der Waals surface area (Å²) < 4.78 is 15.6. The van der Waals surface area contributed by atoms with E-state index in [4.69, 9.17) is 12.2 Å². The fourth-order valence-electron chi connectivity index (χ4n) is 3.19. The largest absolute Gasteiger partial charge is 0.361 e. The molecule has 1 atom stereocenters. The monoisotopic (exact) mass is 415 g/mol. The van der Waals surface area contributed by atoms with Gasteiger partial charge in [-0.05, 0) is 60.8 Å². The minimum atomic E-state index is -0.510. The molecule has 0 aliphatic rings. The first-order valence-electron chi connectivity index (χ1n) is 8.78. The van der Waals surface area contributed by atoms with Crippen LogP contribution in [0.1, 0.15) is 18.5 Å². The van der Waals surface area contributed by atoms with Crippen LogP contribution in [0, 0.1) is 10.6 Å².